The summed E-state index contributed by atoms with van der Waals surface area (Å²) in [5, 5.41) is 5.09. The van der Waals surface area contributed by atoms with Gasteiger partial charge < -0.3 is 11.5 Å². The van der Waals surface area contributed by atoms with E-state index in [-0.39, 0.29) is 5.92 Å². The molecule has 0 spiro atoms. The van der Waals surface area contributed by atoms with Crippen LogP contribution in [0.4, 0.5) is 10.3 Å². The standard InChI is InChI=1S/C8H10N4S2/c1-4(5-2-13-7(9)11-5)6-3-14-8(10)12-6/h2-4H,1H3,(H2,9,11)(H2,10,12). The lowest BCUT2D eigenvalue weighted by molar-refractivity contribution is 0.855. The molecule has 6 heteroatoms. The molecule has 2 rings (SSSR count). The predicted octanol–water partition coefficient (Wildman–Crippen LogP) is 1.92. The summed E-state index contributed by atoms with van der Waals surface area (Å²) in [6.45, 7) is 2.04. The molecule has 14 heavy (non-hydrogen) atoms. The molecule has 0 saturated heterocycles. The van der Waals surface area contributed by atoms with E-state index in [1.165, 1.54) is 22.7 Å². The van der Waals surface area contributed by atoms with Gasteiger partial charge in [0.1, 0.15) is 0 Å². The first-order chi connectivity index (χ1) is 6.66. The maximum Gasteiger partial charge on any atom is 0.180 e. The second-order valence-electron chi connectivity index (χ2n) is 2.94. The van der Waals surface area contributed by atoms with Gasteiger partial charge in [-0.25, -0.2) is 9.97 Å². The molecule has 4 nitrogen and oxygen atoms in total. The van der Waals surface area contributed by atoms with Crippen molar-refractivity contribution in [3.63, 3.8) is 0 Å². The monoisotopic (exact) mass is 226 g/mol. The summed E-state index contributed by atoms with van der Waals surface area (Å²) in [4.78, 5) is 8.43. The second-order valence-corrected chi connectivity index (χ2v) is 4.72. The number of nitrogens with two attached hydrogens (primary N) is 2. The molecule has 0 aliphatic heterocycles. The zero-order valence-electron chi connectivity index (χ0n) is 7.60. The molecule has 0 saturated carbocycles. The van der Waals surface area contributed by atoms with E-state index >= 15 is 0 Å². The third-order valence-electron chi connectivity index (χ3n) is 1.97. The van der Waals surface area contributed by atoms with Crippen molar-refractivity contribution < 1.29 is 0 Å². The highest BCUT2D eigenvalue weighted by molar-refractivity contribution is 7.13. The van der Waals surface area contributed by atoms with Gasteiger partial charge in [-0.3, -0.25) is 0 Å². The van der Waals surface area contributed by atoms with Crippen LogP contribution in [0.3, 0.4) is 0 Å². The average molecular weight is 226 g/mol. The fourth-order valence-electron chi connectivity index (χ4n) is 1.15. The molecule has 0 radical (unpaired) electrons. The van der Waals surface area contributed by atoms with Crippen LogP contribution in [-0.2, 0) is 0 Å². The third-order valence-corrected chi connectivity index (χ3v) is 3.35. The summed E-state index contributed by atoms with van der Waals surface area (Å²) in [5.74, 6) is 0.164. The summed E-state index contributed by atoms with van der Waals surface area (Å²) in [7, 11) is 0. The van der Waals surface area contributed by atoms with Gasteiger partial charge in [-0.05, 0) is 0 Å². The van der Waals surface area contributed by atoms with Gasteiger partial charge in [0.2, 0.25) is 0 Å². The predicted molar refractivity (Wildman–Crippen MR) is 60.6 cm³/mol. The Morgan fingerprint density at radius 3 is 1.79 bits per heavy atom. The topological polar surface area (TPSA) is 77.8 Å². The van der Waals surface area contributed by atoms with Crippen LogP contribution in [-0.4, -0.2) is 9.97 Å². The van der Waals surface area contributed by atoms with E-state index in [2.05, 4.69) is 9.97 Å². The van der Waals surface area contributed by atoms with Gasteiger partial charge in [-0.15, -0.1) is 22.7 Å². The summed E-state index contributed by atoms with van der Waals surface area (Å²) >= 11 is 2.89. The minimum Gasteiger partial charge on any atom is -0.375 e. The molecule has 2 aromatic rings. The Morgan fingerprint density at radius 2 is 1.50 bits per heavy atom. The third kappa shape index (κ3) is 1.71. The van der Waals surface area contributed by atoms with Crippen molar-refractivity contribution in [3.8, 4) is 0 Å². The lowest BCUT2D eigenvalue weighted by atomic mass is 10.1. The lowest BCUT2D eigenvalue weighted by Crippen LogP contribution is -1.98. The lowest BCUT2D eigenvalue weighted by Gasteiger charge is -2.03. The number of anilines is 2. The molecular weight excluding hydrogens is 216 g/mol. The van der Waals surface area contributed by atoms with Crippen LogP contribution in [0, 0.1) is 0 Å². The van der Waals surface area contributed by atoms with E-state index in [1.807, 2.05) is 17.7 Å². The van der Waals surface area contributed by atoms with Gasteiger partial charge in [0.15, 0.2) is 10.3 Å². The smallest absolute Gasteiger partial charge is 0.180 e. The Labute approximate surface area is 89.6 Å². The van der Waals surface area contributed by atoms with E-state index in [0.29, 0.717) is 10.3 Å². The Balaban J connectivity index is 2.28. The number of hydrogen-bond donors (Lipinski definition) is 2. The fraction of sp³-hybridized carbons (Fsp3) is 0.250. The number of hydrogen-bond acceptors (Lipinski definition) is 6. The number of aromatic nitrogens is 2. The van der Waals surface area contributed by atoms with Crippen molar-refractivity contribution in [2.45, 2.75) is 12.8 Å². The fourth-order valence-corrected chi connectivity index (χ4v) is 2.46. The second kappa shape index (κ2) is 3.55. The van der Waals surface area contributed by atoms with Crippen LogP contribution in [0.2, 0.25) is 0 Å². The molecular formula is C8H10N4S2. The van der Waals surface area contributed by atoms with Crippen LogP contribution in [0.1, 0.15) is 24.2 Å². The molecule has 0 unspecified atom stereocenters. The number of rotatable bonds is 2. The minimum absolute atomic E-state index is 0.164. The molecule has 0 aromatic carbocycles. The molecule has 2 aromatic heterocycles. The highest BCUT2D eigenvalue weighted by Crippen LogP contribution is 2.27. The van der Waals surface area contributed by atoms with Crippen molar-refractivity contribution in [2.75, 3.05) is 11.5 Å². The molecule has 0 amide bonds. The molecule has 0 bridgehead atoms. The quantitative estimate of drug-likeness (QED) is 0.820. The van der Waals surface area contributed by atoms with Crippen LogP contribution >= 0.6 is 22.7 Å². The maximum atomic E-state index is 5.56. The van der Waals surface area contributed by atoms with Gasteiger partial charge in [0.25, 0.3) is 0 Å². The molecule has 0 aliphatic rings. The van der Waals surface area contributed by atoms with Gasteiger partial charge in [0, 0.05) is 16.7 Å². The van der Waals surface area contributed by atoms with Gasteiger partial charge in [-0.1, -0.05) is 6.92 Å². The first-order valence-electron chi connectivity index (χ1n) is 4.08. The molecule has 0 atom stereocenters. The molecule has 4 N–H and O–H groups in total. The van der Waals surface area contributed by atoms with Gasteiger partial charge in [-0.2, -0.15) is 0 Å². The summed E-state index contributed by atoms with van der Waals surface area (Å²) < 4.78 is 0. The summed E-state index contributed by atoms with van der Waals surface area (Å²) in [6.07, 6.45) is 0. The molecule has 2 heterocycles. The van der Waals surface area contributed by atoms with Gasteiger partial charge in [0.05, 0.1) is 11.4 Å². The zero-order valence-corrected chi connectivity index (χ0v) is 9.23. The van der Waals surface area contributed by atoms with Crippen molar-refractivity contribution in [1.29, 1.82) is 0 Å². The molecule has 0 aliphatic carbocycles. The van der Waals surface area contributed by atoms with Crippen molar-refractivity contribution in [2.24, 2.45) is 0 Å². The van der Waals surface area contributed by atoms with Gasteiger partial charge >= 0.3 is 0 Å². The number of thiazole rings is 2. The van der Waals surface area contributed by atoms with Crippen LogP contribution in [0.25, 0.3) is 0 Å². The number of nitrogens with zero attached hydrogens (tertiary/aromatic N) is 2. The Kier molecular flexibility index (Phi) is 2.39. The summed E-state index contributed by atoms with van der Waals surface area (Å²) in [5.41, 5.74) is 13.0. The maximum absolute atomic E-state index is 5.56. The van der Waals surface area contributed by atoms with Crippen molar-refractivity contribution >= 4 is 32.9 Å². The van der Waals surface area contributed by atoms with Crippen molar-refractivity contribution in [1.82, 2.24) is 9.97 Å². The summed E-state index contributed by atoms with van der Waals surface area (Å²) in [6, 6.07) is 0. The Bertz CT molecular complexity index is 394. The van der Waals surface area contributed by atoms with Crippen LogP contribution < -0.4 is 11.5 Å². The van der Waals surface area contributed by atoms with E-state index in [1.54, 1.807) is 0 Å². The number of nitrogen functional groups attached to an aromatic ring is 2. The van der Waals surface area contributed by atoms with Crippen LogP contribution in [0.15, 0.2) is 10.8 Å². The van der Waals surface area contributed by atoms with E-state index in [0.717, 1.165) is 11.4 Å². The Morgan fingerprint density at radius 1 is 1.07 bits per heavy atom. The first kappa shape index (κ1) is 9.42. The van der Waals surface area contributed by atoms with Crippen molar-refractivity contribution in [3.05, 3.63) is 22.1 Å². The normalized spacial score (nSPS) is 11.0. The highest BCUT2D eigenvalue weighted by atomic mass is 32.1. The SMILES string of the molecule is CC(c1csc(N)n1)c1csc(N)n1. The van der Waals surface area contributed by atoms with E-state index in [4.69, 9.17) is 11.5 Å². The highest BCUT2D eigenvalue weighted by Gasteiger charge is 2.14. The Hall–Kier alpha value is -1.14. The van der Waals surface area contributed by atoms with E-state index < -0.39 is 0 Å². The largest absolute Gasteiger partial charge is 0.375 e. The zero-order chi connectivity index (χ0) is 10.1. The average Bonchev–Trinajstić information content (AvgIpc) is 2.73. The first-order valence-corrected chi connectivity index (χ1v) is 5.84. The molecule has 74 valence electrons. The molecule has 0 fully saturated rings. The minimum atomic E-state index is 0.164. The van der Waals surface area contributed by atoms with Crippen LogP contribution in [0.5, 0.6) is 0 Å². The van der Waals surface area contributed by atoms with E-state index in [9.17, 15) is 0 Å².